The number of hydrogen-bond acceptors (Lipinski definition) is 4. The van der Waals surface area contributed by atoms with E-state index in [1.165, 1.54) is 12.1 Å². The molecular formula is C23H17Cl2F6NO4. The summed E-state index contributed by atoms with van der Waals surface area (Å²) in [7, 11) is 0. The van der Waals surface area contributed by atoms with Crippen LogP contribution in [0.1, 0.15) is 11.1 Å². The molecule has 1 amide bonds. The van der Waals surface area contributed by atoms with Gasteiger partial charge in [0, 0.05) is 22.2 Å². The summed E-state index contributed by atoms with van der Waals surface area (Å²) < 4.78 is 84.4. The van der Waals surface area contributed by atoms with E-state index in [1.54, 1.807) is 18.2 Å². The quantitative estimate of drug-likeness (QED) is 0.317. The monoisotopic (exact) mass is 555 g/mol. The molecule has 3 N–H and O–H groups in total. The molecule has 3 aromatic rings. The van der Waals surface area contributed by atoms with E-state index in [2.05, 4.69) is 5.32 Å². The highest BCUT2D eigenvalue weighted by Gasteiger charge is 2.72. The molecule has 0 aliphatic heterocycles. The third-order valence-electron chi connectivity index (χ3n) is 5.24. The van der Waals surface area contributed by atoms with E-state index >= 15 is 0 Å². The van der Waals surface area contributed by atoms with Crippen molar-refractivity contribution in [3.63, 3.8) is 0 Å². The molecule has 0 atom stereocenters. The standard InChI is InChI=1S/C23H17Cl2F6NO4/c24-15-3-1-12(18(25)10-15)5-6-32-20(34)11-36-16-4-2-13-8-17(19(33)9-14(13)7-16)21(35,22(26,27)28)23(29,30)31/h1-4,7-10,33,35H,5-6,11H2,(H,32,34). The smallest absolute Gasteiger partial charge is 0.430 e. The molecule has 0 fully saturated rings. The number of hydrogen-bond donors (Lipinski definition) is 3. The molecule has 5 nitrogen and oxygen atoms in total. The number of carbonyl (C=O) groups excluding carboxylic acids is 1. The maximum atomic E-state index is 13.2. The van der Waals surface area contributed by atoms with Crippen molar-refractivity contribution < 1.29 is 46.1 Å². The van der Waals surface area contributed by atoms with Gasteiger partial charge in [0.15, 0.2) is 6.61 Å². The molecule has 0 radical (unpaired) electrons. The fourth-order valence-corrected chi connectivity index (χ4v) is 3.87. The summed E-state index contributed by atoms with van der Waals surface area (Å²) in [5.74, 6) is -1.86. The molecule has 0 saturated heterocycles. The predicted molar refractivity (Wildman–Crippen MR) is 120 cm³/mol. The van der Waals surface area contributed by atoms with E-state index in [9.17, 15) is 41.4 Å². The highest BCUT2D eigenvalue weighted by Crippen LogP contribution is 2.52. The van der Waals surface area contributed by atoms with E-state index in [0.29, 0.717) is 28.6 Å². The number of ether oxygens (including phenoxy) is 1. The van der Waals surface area contributed by atoms with E-state index < -0.39 is 41.8 Å². The average molecular weight is 556 g/mol. The summed E-state index contributed by atoms with van der Waals surface area (Å²) in [5.41, 5.74) is -6.27. The van der Waals surface area contributed by atoms with Crippen LogP contribution in [-0.4, -0.2) is 41.6 Å². The molecule has 3 rings (SSSR count). The van der Waals surface area contributed by atoms with Crippen molar-refractivity contribution in [1.82, 2.24) is 5.32 Å². The van der Waals surface area contributed by atoms with Gasteiger partial charge in [-0.1, -0.05) is 35.3 Å². The maximum Gasteiger partial charge on any atom is 0.430 e. The Kier molecular flexibility index (Phi) is 7.87. The lowest BCUT2D eigenvalue weighted by molar-refractivity contribution is -0.376. The van der Waals surface area contributed by atoms with Gasteiger partial charge in [-0.05, 0) is 59.2 Å². The molecule has 3 aromatic carbocycles. The van der Waals surface area contributed by atoms with Crippen molar-refractivity contribution in [2.24, 2.45) is 0 Å². The largest absolute Gasteiger partial charge is 0.508 e. The molecule has 0 unspecified atom stereocenters. The summed E-state index contributed by atoms with van der Waals surface area (Å²) in [6, 6.07) is 9.51. The Bertz CT molecular complexity index is 1270. The number of benzene rings is 3. The minimum atomic E-state index is -6.15. The topological polar surface area (TPSA) is 78.8 Å². The van der Waals surface area contributed by atoms with Gasteiger partial charge in [-0.25, -0.2) is 0 Å². The molecule has 0 heterocycles. The van der Waals surface area contributed by atoms with Crippen LogP contribution in [-0.2, 0) is 16.8 Å². The van der Waals surface area contributed by atoms with Gasteiger partial charge in [0.2, 0.25) is 0 Å². The lowest BCUT2D eigenvalue weighted by Crippen LogP contribution is -2.53. The van der Waals surface area contributed by atoms with Crippen molar-refractivity contribution in [2.75, 3.05) is 13.2 Å². The molecule has 0 aliphatic carbocycles. The highest BCUT2D eigenvalue weighted by molar-refractivity contribution is 6.35. The number of carbonyl (C=O) groups is 1. The minimum Gasteiger partial charge on any atom is -0.508 e. The Morgan fingerprint density at radius 3 is 2.19 bits per heavy atom. The van der Waals surface area contributed by atoms with Crippen molar-refractivity contribution in [3.05, 3.63) is 69.7 Å². The Hall–Kier alpha value is -2.89. The first kappa shape index (κ1) is 27.7. The number of nitrogens with one attached hydrogen (secondary N) is 1. The number of phenols is 1. The first-order chi connectivity index (χ1) is 16.6. The zero-order chi connectivity index (χ0) is 26.9. The minimum absolute atomic E-state index is 0.0123. The second-order valence-electron chi connectivity index (χ2n) is 7.71. The first-order valence-electron chi connectivity index (χ1n) is 10.1. The summed E-state index contributed by atoms with van der Waals surface area (Å²) in [6.07, 6.45) is -11.9. The molecule has 36 heavy (non-hydrogen) atoms. The fourth-order valence-electron chi connectivity index (χ4n) is 3.37. The molecular weight excluding hydrogens is 539 g/mol. The van der Waals surface area contributed by atoms with Gasteiger partial charge < -0.3 is 20.3 Å². The third kappa shape index (κ3) is 5.74. The number of phenolic OH excluding ortho intramolecular Hbond substituents is 1. The summed E-state index contributed by atoms with van der Waals surface area (Å²) in [4.78, 5) is 12.0. The van der Waals surface area contributed by atoms with Crippen LogP contribution >= 0.6 is 23.2 Å². The van der Waals surface area contributed by atoms with Crippen LogP contribution in [0.15, 0.2) is 48.5 Å². The highest BCUT2D eigenvalue weighted by atomic mass is 35.5. The molecule has 0 aromatic heterocycles. The van der Waals surface area contributed by atoms with Crippen molar-refractivity contribution in [1.29, 1.82) is 0 Å². The van der Waals surface area contributed by atoms with Gasteiger partial charge >= 0.3 is 12.4 Å². The number of rotatable bonds is 7. The molecule has 0 aliphatic rings. The second kappa shape index (κ2) is 10.2. The van der Waals surface area contributed by atoms with Crippen LogP contribution in [0.3, 0.4) is 0 Å². The molecule has 0 spiro atoms. The van der Waals surface area contributed by atoms with Crippen molar-refractivity contribution >= 4 is 39.9 Å². The summed E-state index contributed by atoms with van der Waals surface area (Å²) in [5, 5.41) is 22.9. The Balaban J connectivity index is 1.69. The van der Waals surface area contributed by atoms with Gasteiger partial charge in [0.25, 0.3) is 11.5 Å². The molecule has 0 bridgehead atoms. The fraction of sp³-hybridized carbons (Fsp3) is 0.261. The zero-order valence-electron chi connectivity index (χ0n) is 18.0. The average Bonchev–Trinajstić information content (AvgIpc) is 2.76. The number of aliphatic hydroxyl groups is 1. The van der Waals surface area contributed by atoms with Crippen LogP contribution in [0.5, 0.6) is 11.5 Å². The molecule has 194 valence electrons. The Morgan fingerprint density at radius 2 is 1.58 bits per heavy atom. The number of fused-ring (bicyclic) bond motifs is 1. The van der Waals surface area contributed by atoms with E-state index in [1.807, 2.05) is 0 Å². The molecule has 13 heteroatoms. The first-order valence-corrected chi connectivity index (χ1v) is 10.9. The van der Waals surface area contributed by atoms with Gasteiger partial charge in [-0.2, -0.15) is 26.3 Å². The van der Waals surface area contributed by atoms with Crippen LogP contribution < -0.4 is 10.1 Å². The lowest BCUT2D eigenvalue weighted by Gasteiger charge is -2.33. The number of aromatic hydroxyl groups is 1. The van der Waals surface area contributed by atoms with Crippen LogP contribution in [0.2, 0.25) is 10.0 Å². The van der Waals surface area contributed by atoms with Gasteiger partial charge in [0.1, 0.15) is 11.5 Å². The van der Waals surface area contributed by atoms with E-state index in [0.717, 1.165) is 11.6 Å². The lowest BCUT2D eigenvalue weighted by atomic mass is 9.89. The molecule has 0 saturated carbocycles. The maximum absolute atomic E-state index is 13.2. The Labute approximate surface area is 210 Å². The number of halogens is 8. The van der Waals surface area contributed by atoms with Crippen molar-refractivity contribution in [3.8, 4) is 11.5 Å². The Morgan fingerprint density at radius 1 is 0.917 bits per heavy atom. The summed E-state index contributed by atoms with van der Waals surface area (Å²) >= 11 is 11.9. The second-order valence-corrected chi connectivity index (χ2v) is 8.55. The zero-order valence-corrected chi connectivity index (χ0v) is 19.5. The van der Waals surface area contributed by atoms with Crippen molar-refractivity contribution in [2.45, 2.75) is 24.4 Å². The number of amides is 1. The third-order valence-corrected chi connectivity index (χ3v) is 5.83. The predicted octanol–water partition coefficient (Wildman–Crippen LogP) is 5.90. The van der Waals surface area contributed by atoms with E-state index in [-0.39, 0.29) is 23.1 Å². The van der Waals surface area contributed by atoms with Crippen LogP contribution in [0, 0.1) is 0 Å². The SMILES string of the molecule is O=C(COc1ccc2cc(C(O)(C(F)(F)F)C(F)(F)F)c(O)cc2c1)NCCc1ccc(Cl)cc1Cl. The van der Waals surface area contributed by atoms with Gasteiger partial charge in [-0.15, -0.1) is 0 Å². The van der Waals surface area contributed by atoms with Gasteiger partial charge in [-0.3, -0.25) is 4.79 Å². The van der Waals surface area contributed by atoms with Crippen LogP contribution in [0.4, 0.5) is 26.3 Å². The normalized spacial score (nSPS) is 12.6. The summed E-state index contributed by atoms with van der Waals surface area (Å²) in [6.45, 7) is -0.203. The van der Waals surface area contributed by atoms with Gasteiger partial charge in [0.05, 0.1) is 0 Å². The number of alkyl halides is 6. The van der Waals surface area contributed by atoms with Crippen LogP contribution in [0.25, 0.3) is 10.8 Å². The van der Waals surface area contributed by atoms with E-state index in [4.69, 9.17) is 27.9 Å².